The third-order valence-electron chi connectivity index (χ3n) is 6.97. The number of ether oxygens (including phenoxy) is 1. The molecule has 0 aliphatic carbocycles. The fourth-order valence-corrected chi connectivity index (χ4v) is 8.24. The Bertz CT molecular complexity index is 897. The Morgan fingerprint density at radius 1 is 1.31 bits per heavy atom. The summed E-state index contributed by atoms with van der Waals surface area (Å²) in [5, 5.41) is 12.7. The monoisotopic (exact) mass is 480 g/mol. The zero-order valence-electron chi connectivity index (χ0n) is 18.3. The first-order chi connectivity index (χ1) is 15.3. The van der Waals surface area contributed by atoms with E-state index in [0.717, 1.165) is 6.42 Å². The van der Waals surface area contributed by atoms with Gasteiger partial charge >= 0.3 is 5.97 Å². The zero-order valence-corrected chi connectivity index (χ0v) is 19.8. The van der Waals surface area contributed by atoms with Crippen molar-refractivity contribution < 1.29 is 24.2 Å². The molecule has 3 heterocycles. The summed E-state index contributed by atoms with van der Waals surface area (Å²) < 4.78 is 4.66. The number of carbonyl (C=O) groups excluding carboxylic acids is 3. The first kappa shape index (κ1) is 23.4. The minimum absolute atomic E-state index is 0.0246. The molecule has 1 aromatic carbocycles. The van der Waals surface area contributed by atoms with Crippen molar-refractivity contribution in [2.24, 2.45) is 17.8 Å². The van der Waals surface area contributed by atoms with Crippen LogP contribution in [-0.4, -0.2) is 63.6 Å². The number of amides is 2. The summed E-state index contributed by atoms with van der Waals surface area (Å²) in [6, 6.07) is 6.16. The third kappa shape index (κ3) is 3.70. The van der Waals surface area contributed by atoms with E-state index < -0.39 is 22.6 Å². The van der Waals surface area contributed by atoms with E-state index >= 15 is 0 Å². The van der Waals surface area contributed by atoms with Crippen LogP contribution < -0.4 is 5.32 Å². The van der Waals surface area contributed by atoms with Crippen LogP contribution >= 0.6 is 23.4 Å². The predicted molar refractivity (Wildman–Crippen MR) is 123 cm³/mol. The van der Waals surface area contributed by atoms with E-state index in [4.69, 9.17) is 16.3 Å². The molecule has 3 fully saturated rings. The summed E-state index contributed by atoms with van der Waals surface area (Å²) in [5.74, 6) is -1.75. The molecule has 174 valence electrons. The normalized spacial score (nSPS) is 32.8. The number of unbranched alkanes of at least 4 members (excludes halogenated alkanes) is 1. The number of rotatable bonds is 8. The lowest BCUT2D eigenvalue weighted by Crippen LogP contribution is -2.54. The van der Waals surface area contributed by atoms with Gasteiger partial charge in [0.2, 0.25) is 11.8 Å². The molecule has 2 amide bonds. The van der Waals surface area contributed by atoms with Gasteiger partial charge in [-0.25, -0.2) is 0 Å². The van der Waals surface area contributed by atoms with Gasteiger partial charge in [-0.2, -0.15) is 0 Å². The van der Waals surface area contributed by atoms with Crippen molar-refractivity contribution >= 4 is 46.8 Å². The van der Waals surface area contributed by atoms with Gasteiger partial charge in [-0.15, -0.1) is 11.8 Å². The van der Waals surface area contributed by atoms with Crippen molar-refractivity contribution in [3.63, 3.8) is 0 Å². The minimum atomic E-state index is -0.696. The number of likely N-dealkylation sites (tertiary alicyclic amines) is 1. The van der Waals surface area contributed by atoms with Crippen molar-refractivity contribution in [1.82, 2.24) is 4.90 Å². The number of hydrogen-bond donors (Lipinski definition) is 2. The summed E-state index contributed by atoms with van der Waals surface area (Å²) in [5.41, 5.74) is 0.606. The van der Waals surface area contributed by atoms with E-state index in [1.54, 1.807) is 47.9 Å². The zero-order chi connectivity index (χ0) is 23.0. The van der Waals surface area contributed by atoms with Gasteiger partial charge < -0.3 is 20.1 Å². The highest BCUT2D eigenvalue weighted by Gasteiger charge is 2.76. The second-order valence-corrected chi connectivity index (χ2v) is 10.7. The van der Waals surface area contributed by atoms with Crippen LogP contribution in [0.4, 0.5) is 5.69 Å². The largest absolute Gasteiger partial charge is 0.466 e. The average molecular weight is 481 g/mol. The Morgan fingerprint density at radius 2 is 2.03 bits per heavy atom. The Hall–Kier alpha value is -1.77. The lowest BCUT2D eigenvalue weighted by molar-refractivity contribution is -0.154. The number of nitrogens with one attached hydrogen (secondary N) is 1. The van der Waals surface area contributed by atoms with Gasteiger partial charge in [0.05, 0.1) is 23.2 Å². The van der Waals surface area contributed by atoms with Gasteiger partial charge in [0, 0.05) is 29.1 Å². The number of fused-ring (bicyclic) bond motifs is 1. The summed E-state index contributed by atoms with van der Waals surface area (Å²) in [7, 11) is 0. The predicted octanol–water partition coefficient (Wildman–Crippen LogP) is 2.95. The van der Waals surface area contributed by atoms with Crippen LogP contribution in [0, 0.1) is 17.8 Å². The first-order valence-corrected chi connectivity index (χ1v) is 12.4. The van der Waals surface area contributed by atoms with E-state index in [1.807, 2.05) is 0 Å². The molecule has 3 aliphatic heterocycles. The van der Waals surface area contributed by atoms with Gasteiger partial charge in [0.15, 0.2) is 0 Å². The Morgan fingerprint density at radius 3 is 2.69 bits per heavy atom. The average Bonchev–Trinajstić information content (AvgIpc) is 3.34. The highest BCUT2D eigenvalue weighted by Crippen LogP contribution is 2.68. The lowest BCUT2D eigenvalue weighted by Gasteiger charge is -2.38. The van der Waals surface area contributed by atoms with Crippen molar-refractivity contribution in [1.29, 1.82) is 0 Å². The molecule has 9 heteroatoms. The number of aliphatic hydroxyl groups is 1. The maximum absolute atomic E-state index is 13.7. The first-order valence-electron chi connectivity index (χ1n) is 11.2. The van der Waals surface area contributed by atoms with Crippen molar-refractivity contribution in [3.05, 3.63) is 29.3 Å². The number of hydrogen-bond acceptors (Lipinski definition) is 6. The van der Waals surface area contributed by atoms with E-state index in [0.29, 0.717) is 30.1 Å². The Kier molecular flexibility index (Phi) is 6.75. The number of nitrogens with zero attached hydrogens (tertiary/aromatic N) is 1. The topological polar surface area (TPSA) is 95.9 Å². The molecule has 6 atom stereocenters. The summed E-state index contributed by atoms with van der Waals surface area (Å²) in [4.78, 5) is 41.8. The molecule has 1 aromatic rings. The fraction of sp³-hybridized carbons (Fsp3) is 0.609. The second-order valence-electron chi connectivity index (χ2n) is 8.76. The van der Waals surface area contributed by atoms with Crippen molar-refractivity contribution in [3.8, 4) is 0 Å². The maximum atomic E-state index is 13.7. The minimum Gasteiger partial charge on any atom is -0.466 e. The van der Waals surface area contributed by atoms with Crippen molar-refractivity contribution in [2.45, 2.75) is 49.1 Å². The molecular weight excluding hydrogens is 452 g/mol. The number of esters is 1. The second kappa shape index (κ2) is 9.23. The molecule has 1 spiro atoms. The number of carbonyl (C=O) groups is 3. The molecule has 0 aromatic heterocycles. The SMILES string of the molecule is CCOC(=O)[C@@H]1[C@H]2C(=O)N(CCCCO)C(C(=O)Nc3ccc(Cl)cc3)C23S[C@@H]1CC3C. The third-order valence-corrected chi connectivity index (χ3v) is 9.30. The lowest BCUT2D eigenvalue weighted by atomic mass is 9.66. The number of thioether (sulfide) groups is 1. The molecule has 4 rings (SSSR count). The van der Waals surface area contributed by atoms with Crippen LogP contribution in [0.1, 0.15) is 33.1 Å². The number of aliphatic hydroxyl groups excluding tert-OH is 1. The molecule has 7 nitrogen and oxygen atoms in total. The van der Waals surface area contributed by atoms with E-state index in [-0.39, 0.29) is 42.2 Å². The Labute approximate surface area is 197 Å². The highest BCUT2D eigenvalue weighted by atomic mass is 35.5. The van der Waals surface area contributed by atoms with Gasteiger partial charge in [0.25, 0.3) is 0 Å². The van der Waals surface area contributed by atoms with E-state index in [2.05, 4.69) is 12.2 Å². The molecule has 0 radical (unpaired) electrons. The highest BCUT2D eigenvalue weighted by molar-refractivity contribution is 8.02. The van der Waals surface area contributed by atoms with Crippen LogP contribution in [0.5, 0.6) is 0 Å². The fourth-order valence-electron chi connectivity index (χ4n) is 5.70. The molecule has 3 saturated heterocycles. The molecule has 2 bridgehead atoms. The standard InChI is InChI=1S/C23H29ClN2O5S/c1-3-31-22(30)17-16-12-13(2)23(32-16)18(17)21(29)26(10-4-5-11-27)19(23)20(28)25-15-8-6-14(24)7-9-15/h6-9,13,16-19,27H,3-5,10-12H2,1-2H3,(H,25,28)/t13?,16-,17+,18+,19?,23?/m1/s1. The van der Waals surface area contributed by atoms with Crippen LogP contribution in [-0.2, 0) is 19.1 Å². The maximum Gasteiger partial charge on any atom is 0.310 e. The van der Waals surface area contributed by atoms with Crippen molar-refractivity contribution in [2.75, 3.05) is 25.1 Å². The van der Waals surface area contributed by atoms with Crippen LogP contribution in [0.2, 0.25) is 5.02 Å². The Balaban J connectivity index is 1.69. The quantitative estimate of drug-likeness (QED) is 0.438. The smallest absolute Gasteiger partial charge is 0.310 e. The summed E-state index contributed by atoms with van der Waals surface area (Å²) in [6.45, 7) is 4.49. The molecular formula is C23H29ClN2O5S. The van der Waals surface area contributed by atoms with Gasteiger partial charge in [-0.1, -0.05) is 18.5 Å². The van der Waals surface area contributed by atoms with Crippen LogP contribution in [0.25, 0.3) is 0 Å². The molecule has 2 N–H and O–H groups in total. The number of halogens is 1. The van der Waals surface area contributed by atoms with Crippen LogP contribution in [0.15, 0.2) is 24.3 Å². The molecule has 3 unspecified atom stereocenters. The van der Waals surface area contributed by atoms with E-state index in [9.17, 15) is 19.5 Å². The summed E-state index contributed by atoms with van der Waals surface area (Å²) in [6.07, 6.45) is 1.90. The van der Waals surface area contributed by atoms with Crippen LogP contribution in [0.3, 0.4) is 0 Å². The van der Waals surface area contributed by atoms with Gasteiger partial charge in [-0.3, -0.25) is 14.4 Å². The molecule has 32 heavy (non-hydrogen) atoms. The number of benzene rings is 1. The molecule has 0 saturated carbocycles. The van der Waals surface area contributed by atoms with Gasteiger partial charge in [0.1, 0.15) is 6.04 Å². The molecule has 3 aliphatic rings. The number of anilines is 1. The van der Waals surface area contributed by atoms with Gasteiger partial charge in [-0.05, 0) is 56.4 Å². The van der Waals surface area contributed by atoms with E-state index in [1.165, 1.54) is 0 Å². The summed E-state index contributed by atoms with van der Waals surface area (Å²) >= 11 is 7.59.